The monoisotopic (exact) mass is 72.1 g/mol. The second-order valence-electron chi connectivity index (χ2n) is 0.766. The molecule has 0 nitrogen and oxygen atoms in total. The number of alkyl halides is 1. The summed E-state index contributed by atoms with van der Waals surface area (Å²) in [6.07, 6.45) is 0.486. The molecule has 0 saturated carbocycles. The van der Waals surface area contributed by atoms with Crippen molar-refractivity contribution in [2.45, 2.75) is 6.32 Å². The van der Waals surface area contributed by atoms with Crippen LogP contribution in [0.25, 0.3) is 0 Å². The Morgan fingerprint density at radius 3 is 2.40 bits per heavy atom. The van der Waals surface area contributed by atoms with Crippen molar-refractivity contribution < 1.29 is 4.39 Å². The van der Waals surface area contributed by atoms with Gasteiger partial charge in [0.2, 0.25) is 0 Å². The molecule has 0 aromatic rings. The molecule has 0 aliphatic rings. The topological polar surface area (TPSA) is 0 Å². The minimum atomic E-state index is -0.274. The van der Waals surface area contributed by atoms with E-state index in [1.54, 1.807) is 6.92 Å². The van der Waals surface area contributed by atoms with Gasteiger partial charge in [0.25, 0.3) is 0 Å². The molecular formula is C3H6BF. The average molecular weight is 71.9 g/mol. The van der Waals surface area contributed by atoms with Gasteiger partial charge in [0.15, 0.2) is 0 Å². The molecule has 0 aliphatic carbocycles. The first kappa shape index (κ1) is 4.86. The average Bonchev–Trinajstić information content (AvgIpc) is 1.41. The Morgan fingerprint density at radius 1 is 1.80 bits per heavy atom. The van der Waals surface area contributed by atoms with Gasteiger partial charge in [0.1, 0.15) is 0 Å². The second kappa shape index (κ2) is 3.86. The van der Waals surface area contributed by atoms with Gasteiger partial charge in [0.05, 0.1) is 0 Å². The summed E-state index contributed by atoms with van der Waals surface area (Å²) < 4.78 is 10.9. The van der Waals surface area contributed by atoms with Crippen LogP contribution in [0.5, 0.6) is 0 Å². The van der Waals surface area contributed by atoms with Crippen LogP contribution in [0.1, 0.15) is 0 Å². The van der Waals surface area contributed by atoms with Gasteiger partial charge in [0, 0.05) is 0 Å². The van der Waals surface area contributed by atoms with Crippen LogP contribution in [0, 0.1) is 0 Å². The number of rotatable bonds is 2. The van der Waals surface area contributed by atoms with Gasteiger partial charge in [-0.3, -0.25) is 0 Å². The second-order valence-corrected chi connectivity index (χ2v) is 0.766. The van der Waals surface area contributed by atoms with Gasteiger partial charge in [-0.2, -0.15) is 0 Å². The van der Waals surface area contributed by atoms with E-state index < -0.39 is 0 Å². The van der Waals surface area contributed by atoms with Crippen LogP contribution in [0.2, 0.25) is 6.32 Å². The van der Waals surface area contributed by atoms with E-state index in [2.05, 4.69) is 6.47 Å². The first-order valence-corrected chi connectivity index (χ1v) is 1.58. The van der Waals surface area contributed by atoms with Crippen molar-refractivity contribution in [3.63, 3.8) is 0 Å². The predicted octanol–water partition coefficient (Wildman–Crippen LogP) is 0.510. The van der Waals surface area contributed by atoms with E-state index in [1.165, 1.54) is 0 Å². The zero-order chi connectivity index (χ0) is 4.12. The molecule has 0 fully saturated rings. The number of halogens is 1. The Balaban J connectivity index is 2.40. The van der Waals surface area contributed by atoms with Crippen LogP contribution < -0.4 is 0 Å². The molecule has 0 aromatic heterocycles. The molecule has 0 aromatic carbocycles. The fourth-order valence-electron chi connectivity index (χ4n) is 0.0772. The van der Waals surface area contributed by atoms with Crippen LogP contribution in [-0.2, 0) is 0 Å². The van der Waals surface area contributed by atoms with Gasteiger partial charge in [-0.05, 0) is 0 Å². The van der Waals surface area contributed by atoms with E-state index in [0.717, 1.165) is 0 Å². The minimum absolute atomic E-state index is 0.274. The quantitative estimate of drug-likeness (QED) is 0.417. The van der Waals surface area contributed by atoms with Crippen LogP contribution in [-0.4, -0.2) is 20.1 Å². The number of hydrogen-bond acceptors (Lipinski definition) is 0. The SMILES string of the molecule is C=BCCF. The van der Waals surface area contributed by atoms with Crippen molar-refractivity contribution in [3.05, 3.63) is 0 Å². The third-order valence-electron chi connectivity index (χ3n) is 0.313. The molecule has 0 radical (unpaired) electrons. The Bertz CT molecular complexity index is 28.1. The normalized spacial score (nSPS) is 6.60. The molecular weight excluding hydrogens is 65.8 g/mol. The third-order valence-corrected chi connectivity index (χ3v) is 0.313. The van der Waals surface area contributed by atoms with Gasteiger partial charge in [-0.15, -0.1) is 0 Å². The molecule has 0 atom stereocenters. The molecule has 0 unspecified atom stereocenters. The van der Waals surface area contributed by atoms with Crippen molar-refractivity contribution in [3.8, 4) is 0 Å². The molecule has 2 heteroatoms. The van der Waals surface area contributed by atoms with Gasteiger partial charge < -0.3 is 0 Å². The molecule has 0 amide bonds. The van der Waals surface area contributed by atoms with Gasteiger partial charge in [-0.1, -0.05) is 0 Å². The van der Waals surface area contributed by atoms with Crippen molar-refractivity contribution >= 4 is 13.4 Å². The van der Waals surface area contributed by atoms with E-state index in [-0.39, 0.29) is 6.67 Å². The molecule has 0 aliphatic heterocycles. The van der Waals surface area contributed by atoms with E-state index >= 15 is 0 Å². The van der Waals surface area contributed by atoms with E-state index in [1.807, 2.05) is 0 Å². The standard InChI is InChI=1S/C3H6BF/c1-4-2-3-5/h1-3H2. The summed E-state index contributed by atoms with van der Waals surface area (Å²) in [6, 6.07) is 0. The maximum absolute atomic E-state index is 10.9. The summed E-state index contributed by atoms with van der Waals surface area (Å²) in [7, 11) is 0. The van der Waals surface area contributed by atoms with E-state index in [4.69, 9.17) is 0 Å². The molecule has 0 spiro atoms. The van der Waals surface area contributed by atoms with Crippen molar-refractivity contribution in [2.24, 2.45) is 0 Å². The van der Waals surface area contributed by atoms with Crippen LogP contribution in [0.3, 0.4) is 0 Å². The van der Waals surface area contributed by atoms with Crippen molar-refractivity contribution in [1.29, 1.82) is 0 Å². The number of hydrogen-bond donors (Lipinski definition) is 0. The van der Waals surface area contributed by atoms with Crippen molar-refractivity contribution in [2.75, 3.05) is 6.67 Å². The molecule has 0 rings (SSSR count). The Morgan fingerprint density at radius 2 is 2.40 bits per heavy atom. The van der Waals surface area contributed by atoms with Gasteiger partial charge in [-0.25, -0.2) is 0 Å². The third kappa shape index (κ3) is 3.86. The Hall–Kier alpha value is -0.135. The Kier molecular flexibility index (Phi) is 3.76. The first-order chi connectivity index (χ1) is 2.41. The maximum atomic E-state index is 10.9. The fraction of sp³-hybridized carbons (Fsp3) is 0.667. The van der Waals surface area contributed by atoms with Crippen LogP contribution >= 0.6 is 0 Å². The molecule has 0 bridgehead atoms. The summed E-state index contributed by atoms with van der Waals surface area (Å²) in [5.41, 5.74) is 0. The zero-order valence-corrected chi connectivity index (χ0v) is 3.08. The summed E-state index contributed by atoms with van der Waals surface area (Å²) in [4.78, 5) is 0. The Labute approximate surface area is 31.9 Å². The van der Waals surface area contributed by atoms with E-state index in [9.17, 15) is 4.39 Å². The molecule has 5 heavy (non-hydrogen) atoms. The summed E-state index contributed by atoms with van der Waals surface area (Å²) >= 11 is 0. The molecule has 28 valence electrons. The van der Waals surface area contributed by atoms with Gasteiger partial charge >= 0.3 is 30.8 Å². The molecule has 0 N–H and O–H groups in total. The summed E-state index contributed by atoms with van der Waals surface area (Å²) in [5, 5.41) is 0. The summed E-state index contributed by atoms with van der Waals surface area (Å²) in [6.45, 7) is 4.59. The fourth-order valence-corrected chi connectivity index (χ4v) is 0.0772. The summed E-state index contributed by atoms with van der Waals surface area (Å²) in [5.74, 6) is 0. The predicted molar refractivity (Wildman–Crippen MR) is 23.7 cm³/mol. The van der Waals surface area contributed by atoms with Crippen LogP contribution in [0.15, 0.2) is 0 Å². The molecule has 0 saturated heterocycles. The van der Waals surface area contributed by atoms with Crippen LogP contribution in [0.4, 0.5) is 4.39 Å². The zero-order valence-electron chi connectivity index (χ0n) is 3.08. The van der Waals surface area contributed by atoms with E-state index in [0.29, 0.717) is 6.32 Å². The molecule has 0 heterocycles. The van der Waals surface area contributed by atoms with Crippen molar-refractivity contribution in [1.82, 2.24) is 0 Å². The first-order valence-electron chi connectivity index (χ1n) is 1.58.